The van der Waals surface area contributed by atoms with Crippen molar-refractivity contribution >= 4 is 17.4 Å². The highest BCUT2D eigenvalue weighted by Gasteiger charge is 2.23. The van der Waals surface area contributed by atoms with E-state index in [9.17, 15) is 0 Å². The van der Waals surface area contributed by atoms with E-state index in [4.69, 9.17) is 16.3 Å². The number of halogens is 1. The van der Waals surface area contributed by atoms with Crippen LogP contribution in [-0.4, -0.2) is 36.8 Å². The molecule has 0 bridgehead atoms. The van der Waals surface area contributed by atoms with Crippen LogP contribution in [0.3, 0.4) is 0 Å². The van der Waals surface area contributed by atoms with Crippen LogP contribution in [0, 0.1) is 0 Å². The third kappa shape index (κ3) is 4.09. The molecule has 0 spiro atoms. The second-order valence-electron chi connectivity index (χ2n) is 5.95. The van der Waals surface area contributed by atoms with Crippen LogP contribution in [0.4, 0.5) is 5.82 Å². The lowest BCUT2D eigenvalue weighted by Crippen LogP contribution is -2.40. The van der Waals surface area contributed by atoms with E-state index in [1.165, 1.54) is 12.8 Å². The molecule has 21 heavy (non-hydrogen) atoms. The summed E-state index contributed by atoms with van der Waals surface area (Å²) in [6.07, 6.45) is 6.99. The monoisotopic (exact) mass is 309 g/mol. The molecule has 1 atom stereocenters. The molecule has 1 saturated carbocycles. The Hall–Kier alpha value is -0.840. The normalized spacial score (nSPS) is 22.6. The lowest BCUT2D eigenvalue weighted by Gasteiger charge is -2.33. The first kappa shape index (κ1) is 15.1. The smallest absolute Gasteiger partial charge is 0.128 e. The van der Waals surface area contributed by atoms with Gasteiger partial charge in [0.25, 0.3) is 0 Å². The van der Waals surface area contributed by atoms with Crippen LogP contribution in [0.2, 0.25) is 5.02 Å². The molecule has 1 aliphatic heterocycles. The molecule has 2 fully saturated rings. The molecular weight excluding hydrogens is 286 g/mol. The van der Waals surface area contributed by atoms with Crippen LogP contribution in [0.5, 0.6) is 0 Å². The first-order valence-corrected chi connectivity index (χ1v) is 8.38. The van der Waals surface area contributed by atoms with Gasteiger partial charge in [-0.3, -0.25) is 0 Å². The quantitative estimate of drug-likeness (QED) is 0.876. The molecule has 116 valence electrons. The van der Waals surface area contributed by atoms with Gasteiger partial charge in [0, 0.05) is 38.5 Å². The summed E-state index contributed by atoms with van der Waals surface area (Å²) >= 11 is 6.27. The second-order valence-corrected chi connectivity index (χ2v) is 6.36. The van der Waals surface area contributed by atoms with Gasteiger partial charge in [-0.1, -0.05) is 11.6 Å². The molecule has 1 saturated heterocycles. The number of hydrogen-bond donors (Lipinski definition) is 1. The van der Waals surface area contributed by atoms with E-state index >= 15 is 0 Å². The number of piperidine rings is 1. The molecule has 2 heterocycles. The molecule has 5 heteroatoms. The molecule has 1 unspecified atom stereocenters. The van der Waals surface area contributed by atoms with Crippen LogP contribution in [0.1, 0.15) is 38.2 Å². The number of nitrogens with zero attached hydrogens (tertiary/aromatic N) is 2. The molecule has 2 aliphatic rings. The molecule has 0 amide bonds. The Morgan fingerprint density at radius 2 is 2.29 bits per heavy atom. The highest BCUT2D eigenvalue weighted by Crippen LogP contribution is 2.25. The minimum Gasteiger partial charge on any atom is -0.377 e. The molecule has 4 nitrogen and oxygen atoms in total. The Kier molecular flexibility index (Phi) is 4.99. The van der Waals surface area contributed by atoms with Crippen molar-refractivity contribution in [1.29, 1.82) is 0 Å². The van der Waals surface area contributed by atoms with Crippen molar-refractivity contribution in [1.82, 2.24) is 10.3 Å². The zero-order chi connectivity index (χ0) is 14.7. The summed E-state index contributed by atoms with van der Waals surface area (Å²) in [4.78, 5) is 6.83. The molecule has 1 aliphatic carbocycles. The van der Waals surface area contributed by atoms with Crippen LogP contribution < -0.4 is 10.2 Å². The number of nitrogens with one attached hydrogen (secondary N) is 1. The molecule has 1 aromatic rings. The lowest BCUT2D eigenvalue weighted by molar-refractivity contribution is 0.0525. The minimum atomic E-state index is 0.328. The van der Waals surface area contributed by atoms with Crippen molar-refractivity contribution in [3.63, 3.8) is 0 Å². The van der Waals surface area contributed by atoms with Gasteiger partial charge in [-0.15, -0.1) is 0 Å². The zero-order valence-electron chi connectivity index (χ0n) is 12.6. The zero-order valence-corrected chi connectivity index (χ0v) is 13.4. The third-order valence-corrected chi connectivity index (χ3v) is 4.52. The van der Waals surface area contributed by atoms with Crippen molar-refractivity contribution in [2.75, 3.05) is 24.6 Å². The standard InChI is InChI=1S/C16H24ClN3O/c1-2-21-14-4-3-7-20(11-14)16-8-12(15(17)10-19-16)9-18-13-5-6-13/h8,10,13-14,18H,2-7,9,11H2,1H3. The Labute approximate surface area is 131 Å². The maximum absolute atomic E-state index is 6.27. The highest BCUT2D eigenvalue weighted by atomic mass is 35.5. The number of aromatic nitrogens is 1. The van der Waals surface area contributed by atoms with E-state index in [-0.39, 0.29) is 0 Å². The fourth-order valence-electron chi connectivity index (χ4n) is 2.84. The van der Waals surface area contributed by atoms with E-state index in [1.54, 1.807) is 6.20 Å². The number of ether oxygens (including phenoxy) is 1. The highest BCUT2D eigenvalue weighted by molar-refractivity contribution is 6.31. The molecule has 0 radical (unpaired) electrons. The Morgan fingerprint density at radius 1 is 1.43 bits per heavy atom. The summed E-state index contributed by atoms with van der Waals surface area (Å²) in [5.74, 6) is 1.02. The Bertz CT molecular complexity index is 477. The fraction of sp³-hybridized carbons (Fsp3) is 0.688. The lowest BCUT2D eigenvalue weighted by atomic mass is 10.1. The van der Waals surface area contributed by atoms with Gasteiger partial charge in [0.1, 0.15) is 5.82 Å². The third-order valence-electron chi connectivity index (χ3n) is 4.18. The van der Waals surface area contributed by atoms with Gasteiger partial charge >= 0.3 is 0 Å². The summed E-state index contributed by atoms with van der Waals surface area (Å²) in [5.41, 5.74) is 1.15. The maximum Gasteiger partial charge on any atom is 0.128 e. The van der Waals surface area contributed by atoms with Crippen LogP contribution in [0.25, 0.3) is 0 Å². The summed E-state index contributed by atoms with van der Waals surface area (Å²) < 4.78 is 5.77. The van der Waals surface area contributed by atoms with Gasteiger partial charge in [-0.25, -0.2) is 4.98 Å². The van der Waals surface area contributed by atoms with Gasteiger partial charge in [-0.05, 0) is 44.2 Å². The van der Waals surface area contributed by atoms with E-state index in [2.05, 4.69) is 28.2 Å². The number of hydrogen-bond acceptors (Lipinski definition) is 4. The van der Waals surface area contributed by atoms with E-state index in [1.807, 2.05) is 0 Å². The van der Waals surface area contributed by atoms with Crippen LogP contribution in [0.15, 0.2) is 12.3 Å². The summed E-state index contributed by atoms with van der Waals surface area (Å²) in [6.45, 7) is 5.65. The van der Waals surface area contributed by atoms with Crippen LogP contribution >= 0.6 is 11.6 Å². The largest absolute Gasteiger partial charge is 0.377 e. The SMILES string of the molecule is CCOC1CCCN(c2cc(CNC3CC3)c(Cl)cn2)C1. The van der Waals surface area contributed by atoms with Crippen molar-refractivity contribution in [2.45, 2.75) is 51.3 Å². The maximum atomic E-state index is 6.27. The predicted molar refractivity (Wildman–Crippen MR) is 86.0 cm³/mol. The van der Waals surface area contributed by atoms with Crippen molar-refractivity contribution < 1.29 is 4.74 Å². The first-order valence-electron chi connectivity index (χ1n) is 8.00. The number of anilines is 1. The molecule has 0 aromatic carbocycles. The van der Waals surface area contributed by atoms with Crippen molar-refractivity contribution in [3.05, 3.63) is 22.8 Å². The van der Waals surface area contributed by atoms with Crippen molar-refractivity contribution in [3.8, 4) is 0 Å². The number of pyridine rings is 1. The van der Waals surface area contributed by atoms with E-state index < -0.39 is 0 Å². The van der Waals surface area contributed by atoms with Crippen LogP contribution in [-0.2, 0) is 11.3 Å². The van der Waals surface area contributed by atoms with Gasteiger partial charge in [0.15, 0.2) is 0 Å². The van der Waals surface area contributed by atoms with Crippen molar-refractivity contribution in [2.24, 2.45) is 0 Å². The van der Waals surface area contributed by atoms with Gasteiger partial charge in [0.2, 0.25) is 0 Å². The second kappa shape index (κ2) is 6.95. The molecule has 1 aromatic heterocycles. The average Bonchev–Trinajstić information content (AvgIpc) is 3.31. The topological polar surface area (TPSA) is 37.4 Å². The fourth-order valence-corrected chi connectivity index (χ4v) is 3.01. The minimum absolute atomic E-state index is 0.328. The molecular formula is C16H24ClN3O. The van der Waals surface area contributed by atoms with Gasteiger partial charge in [0.05, 0.1) is 11.1 Å². The predicted octanol–water partition coefficient (Wildman–Crippen LogP) is 2.99. The molecule has 1 N–H and O–H groups in total. The Balaban J connectivity index is 1.67. The summed E-state index contributed by atoms with van der Waals surface area (Å²) in [7, 11) is 0. The average molecular weight is 310 g/mol. The van der Waals surface area contributed by atoms with Gasteiger partial charge < -0.3 is 15.0 Å². The first-order chi connectivity index (χ1) is 10.3. The Morgan fingerprint density at radius 3 is 3.05 bits per heavy atom. The number of rotatable bonds is 6. The summed E-state index contributed by atoms with van der Waals surface area (Å²) in [6, 6.07) is 2.82. The summed E-state index contributed by atoms with van der Waals surface area (Å²) in [5, 5.41) is 4.27. The van der Waals surface area contributed by atoms with E-state index in [0.29, 0.717) is 12.1 Å². The van der Waals surface area contributed by atoms with Gasteiger partial charge in [-0.2, -0.15) is 0 Å². The van der Waals surface area contributed by atoms with E-state index in [0.717, 1.165) is 55.5 Å². The molecule has 3 rings (SSSR count).